The lowest BCUT2D eigenvalue weighted by Crippen LogP contribution is -2.31. The molecule has 0 unspecified atom stereocenters. The number of nitrogens with zero attached hydrogens (tertiary/aromatic N) is 3. The van der Waals surface area contributed by atoms with E-state index in [2.05, 4.69) is 46.7 Å². The van der Waals surface area contributed by atoms with Crippen LogP contribution in [-0.4, -0.2) is 27.6 Å². The summed E-state index contributed by atoms with van der Waals surface area (Å²) in [4.78, 5) is 12.6. The van der Waals surface area contributed by atoms with Gasteiger partial charge in [-0.2, -0.15) is 0 Å². The van der Waals surface area contributed by atoms with Crippen molar-refractivity contribution in [2.45, 2.75) is 45.6 Å². The summed E-state index contributed by atoms with van der Waals surface area (Å²) >= 11 is 0. The molecule has 5 nitrogen and oxygen atoms in total. The zero-order chi connectivity index (χ0) is 24.0. The predicted octanol–water partition coefficient (Wildman–Crippen LogP) is 5.62. The van der Waals surface area contributed by atoms with E-state index in [0.717, 1.165) is 29.7 Å². The standard InChI is InChI=1S/C29H31N3O2/c1-4-34-28(33)29(2,3)25-16-18-27(23-13-9-6-10-14-23)24(19-25)15-17-26-21-32(31-30-26)20-22-11-7-5-8-12-22/h5-14,16,18-19,21H,4,15,17,20H2,1-3H3. The van der Waals surface area contributed by atoms with Crippen LogP contribution >= 0.6 is 0 Å². The number of rotatable bonds is 9. The van der Waals surface area contributed by atoms with Gasteiger partial charge in [0.15, 0.2) is 0 Å². The molecule has 0 saturated heterocycles. The summed E-state index contributed by atoms with van der Waals surface area (Å²) in [6.45, 7) is 6.74. The molecule has 0 saturated carbocycles. The maximum absolute atomic E-state index is 12.6. The number of benzene rings is 3. The van der Waals surface area contributed by atoms with Gasteiger partial charge in [-0.1, -0.05) is 84.1 Å². The van der Waals surface area contributed by atoms with Crippen molar-refractivity contribution in [1.29, 1.82) is 0 Å². The van der Waals surface area contributed by atoms with E-state index in [4.69, 9.17) is 4.74 Å². The Morgan fingerprint density at radius 1 is 0.941 bits per heavy atom. The van der Waals surface area contributed by atoms with E-state index in [-0.39, 0.29) is 5.97 Å². The van der Waals surface area contributed by atoms with E-state index < -0.39 is 5.41 Å². The first kappa shape index (κ1) is 23.4. The van der Waals surface area contributed by atoms with Gasteiger partial charge in [0.1, 0.15) is 0 Å². The van der Waals surface area contributed by atoms with Crippen LogP contribution in [0.25, 0.3) is 11.1 Å². The molecule has 0 N–H and O–H groups in total. The number of carbonyl (C=O) groups is 1. The number of hydrogen-bond donors (Lipinski definition) is 0. The van der Waals surface area contributed by atoms with E-state index in [1.165, 1.54) is 16.7 Å². The number of esters is 1. The molecule has 0 amide bonds. The lowest BCUT2D eigenvalue weighted by atomic mass is 9.82. The molecule has 0 radical (unpaired) electrons. The second kappa shape index (κ2) is 10.5. The molecule has 0 bridgehead atoms. The predicted molar refractivity (Wildman–Crippen MR) is 135 cm³/mol. The molecule has 0 aliphatic heterocycles. The largest absolute Gasteiger partial charge is 0.465 e. The molecule has 3 aromatic carbocycles. The molecule has 5 heteroatoms. The molecule has 0 aliphatic rings. The fourth-order valence-electron chi connectivity index (χ4n) is 4.08. The number of aryl methyl sites for hydroxylation is 2. The normalized spacial score (nSPS) is 11.4. The van der Waals surface area contributed by atoms with Gasteiger partial charge in [-0.3, -0.25) is 4.79 Å². The first-order chi connectivity index (χ1) is 16.5. The molecule has 0 spiro atoms. The van der Waals surface area contributed by atoms with Crippen LogP contribution in [0.3, 0.4) is 0 Å². The Bertz CT molecular complexity index is 1230. The van der Waals surface area contributed by atoms with Crippen molar-refractivity contribution in [3.05, 3.63) is 107 Å². The third kappa shape index (κ3) is 5.42. The minimum absolute atomic E-state index is 0.211. The van der Waals surface area contributed by atoms with E-state index in [1.54, 1.807) is 0 Å². The zero-order valence-corrected chi connectivity index (χ0v) is 20.1. The molecule has 0 atom stereocenters. The first-order valence-electron chi connectivity index (χ1n) is 11.8. The highest BCUT2D eigenvalue weighted by Gasteiger charge is 2.31. The molecule has 1 aromatic heterocycles. The molecular weight excluding hydrogens is 422 g/mol. The fourth-order valence-corrected chi connectivity index (χ4v) is 4.08. The zero-order valence-electron chi connectivity index (χ0n) is 20.1. The van der Waals surface area contributed by atoms with Crippen LogP contribution in [0.15, 0.2) is 85.1 Å². The van der Waals surface area contributed by atoms with Gasteiger partial charge in [0, 0.05) is 6.20 Å². The molecule has 34 heavy (non-hydrogen) atoms. The highest BCUT2D eigenvalue weighted by atomic mass is 16.5. The van der Waals surface area contributed by atoms with E-state index in [1.807, 2.05) is 74.1 Å². The Morgan fingerprint density at radius 3 is 2.35 bits per heavy atom. The van der Waals surface area contributed by atoms with Crippen molar-refractivity contribution in [3.8, 4) is 11.1 Å². The van der Waals surface area contributed by atoms with Gasteiger partial charge >= 0.3 is 5.97 Å². The van der Waals surface area contributed by atoms with Crippen molar-refractivity contribution < 1.29 is 9.53 Å². The Morgan fingerprint density at radius 2 is 1.65 bits per heavy atom. The Hall–Kier alpha value is -3.73. The van der Waals surface area contributed by atoms with Gasteiger partial charge in [-0.05, 0) is 61.4 Å². The molecule has 1 heterocycles. The number of carbonyl (C=O) groups excluding carboxylic acids is 1. The summed E-state index contributed by atoms with van der Waals surface area (Å²) in [7, 11) is 0. The van der Waals surface area contributed by atoms with Gasteiger partial charge in [-0.15, -0.1) is 5.10 Å². The summed E-state index contributed by atoms with van der Waals surface area (Å²) in [5.74, 6) is -0.211. The summed E-state index contributed by atoms with van der Waals surface area (Å²) in [6, 6.07) is 26.9. The summed E-state index contributed by atoms with van der Waals surface area (Å²) < 4.78 is 7.21. The number of ether oxygens (including phenoxy) is 1. The minimum atomic E-state index is -0.723. The van der Waals surface area contributed by atoms with Gasteiger partial charge in [-0.25, -0.2) is 4.68 Å². The summed E-state index contributed by atoms with van der Waals surface area (Å²) in [5, 5.41) is 8.70. The minimum Gasteiger partial charge on any atom is -0.465 e. The van der Waals surface area contributed by atoms with Gasteiger partial charge < -0.3 is 4.74 Å². The summed E-state index contributed by atoms with van der Waals surface area (Å²) in [6.07, 6.45) is 3.57. The van der Waals surface area contributed by atoms with Crippen molar-refractivity contribution in [1.82, 2.24) is 15.0 Å². The Labute approximate surface area is 201 Å². The maximum atomic E-state index is 12.6. The molecule has 4 aromatic rings. The van der Waals surface area contributed by atoms with Gasteiger partial charge in [0.2, 0.25) is 0 Å². The molecular formula is C29H31N3O2. The van der Waals surface area contributed by atoms with Crippen LogP contribution < -0.4 is 0 Å². The lowest BCUT2D eigenvalue weighted by molar-refractivity contribution is -0.148. The van der Waals surface area contributed by atoms with Crippen molar-refractivity contribution in [2.24, 2.45) is 0 Å². The second-order valence-corrected chi connectivity index (χ2v) is 8.98. The van der Waals surface area contributed by atoms with Gasteiger partial charge in [0.25, 0.3) is 0 Å². The quantitative estimate of drug-likeness (QED) is 0.309. The van der Waals surface area contributed by atoms with Crippen LogP contribution in [0.2, 0.25) is 0 Å². The molecule has 174 valence electrons. The second-order valence-electron chi connectivity index (χ2n) is 8.98. The molecule has 4 rings (SSSR count). The Kier molecular flexibility index (Phi) is 7.21. The van der Waals surface area contributed by atoms with E-state index >= 15 is 0 Å². The SMILES string of the molecule is CCOC(=O)C(C)(C)c1ccc(-c2ccccc2)c(CCc2cn(Cc3ccccc3)nn2)c1. The topological polar surface area (TPSA) is 57.0 Å². The molecule has 0 fully saturated rings. The third-order valence-corrected chi connectivity index (χ3v) is 6.12. The van der Waals surface area contributed by atoms with Gasteiger partial charge in [0.05, 0.1) is 24.3 Å². The van der Waals surface area contributed by atoms with Crippen molar-refractivity contribution >= 4 is 5.97 Å². The van der Waals surface area contributed by atoms with Crippen molar-refractivity contribution in [3.63, 3.8) is 0 Å². The summed E-state index contributed by atoms with van der Waals surface area (Å²) in [5.41, 5.74) is 5.88. The first-order valence-corrected chi connectivity index (χ1v) is 11.8. The smallest absolute Gasteiger partial charge is 0.315 e. The maximum Gasteiger partial charge on any atom is 0.315 e. The average Bonchev–Trinajstić information content (AvgIpc) is 3.31. The fraction of sp³-hybridized carbons (Fsp3) is 0.276. The molecule has 0 aliphatic carbocycles. The highest BCUT2D eigenvalue weighted by molar-refractivity contribution is 5.83. The van der Waals surface area contributed by atoms with Crippen LogP contribution in [0.5, 0.6) is 0 Å². The van der Waals surface area contributed by atoms with Crippen LogP contribution in [0.1, 0.15) is 43.2 Å². The van der Waals surface area contributed by atoms with Crippen LogP contribution in [0.4, 0.5) is 0 Å². The Balaban J connectivity index is 1.58. The van der Waals surface area contributed by atoms with Crippen LogP contribution in [-0.2, 0) is 34.3 Å². The highest BCUT2D eigenvalue weighted by Crippen LogP contribution is 2.32. The average molecular weight is 454 g/mol. The monoisotopic (exact) mass is 453 g/mol. The van der Waals surface area contributed by atoms with E-state index in [9.17, 15) is 4.79 Å². The number of hydrogen-bond acceptors (Lipinski definition) is 4. The lowest BCUT2D eigenvalue weighted by Gasteiger charge is -2.24. The van der Waals surface area contributed by atoms with Crippen LogP contribution in [0, 0.1) is 0 Å². The van der Waals surface area contributed by atoms with E-state index in [0.29, 0.717) is 13.2 Å². The third-order valence-electron chi connectivity index (χ3n) is 6.12. The number of aromatic nitrogens is 3. The van der Waals surface area contributed by atoms with Crippen molar-refractivity contribution in [2.75, 3.05) is 6.61 Å².